The van der Waals surface area contributed by atoms with Gasteiger partial charge in [0.05, 0.1) is 6.42 Å². The smallest absolute Gasteiger partial charge is 0.252 e. The first-order valence-corrected chi connectivity index (χ1v) is 12.0. The van der Waals surface area contributed by atoms with Crippen LogP contribution < -0.4 is 5.32 Å². The van der Waals surface area contributed by atoms with Crippen LogP contribution in [0.2, 0.25) is 5.02 Å². The van der Waals surface area contributed by atoms with Gasteiger partial charge in [-0.15, -0.1) is 0 Å². The molecule has 1 N–H and O–H groups in total. The third-order valence-corrected chi connectivity index (χ3v) is 6.57. The third kappa shape index (κ3) is 6.01. The summed E-state index contributed by atoms with van der Waals surface area (Å²) in [7, 11) is 0. The Morgan fingerprint density at radius 2 is 1.41 bits per heavy atom. The number of hydrogen-bond donors (Lipinski definition) is 1. The molecule has 4 rings (SSSR count). The molecule has 0 bridgehead atoms. The van der Waals surface area contributed by atoms with Crippen LogP contribution in [0.3, 0.4) is 0 Å². The number of nitrogens with zero attached hydrogens (tertiary/aromatic N) is 2. The van der Waals surface area contributed by atoms with Crippen molar-refractivity contribution < 1.29 is 9.59 Å². The predicted molar refractivity (Wildman–Crippen MR) is 140 cm³/mol. The van der Waals surface area contributed by atoms with E-state index in [1.54, 1.807) is 29.2 Å². The number of benzene rings is 3. The Hall–Kier alpha value is -3.22. The number of halogens is 1. The Bertz CT molecular complexity index is 1140. The van der Waals surface area contributed by atoms with Crippen LogP contribution in [-0.2, 0) is 22.4 Å². The summed E-state index contributed by atoms with van der Waals surface area (Å²) < 4.78 is 0. The predicted octanol–water partition coefficient (Wildman–Crippen LogP) is 4.95. The summed E-state index contributed by atoms with van der Waals surface area (Å²) in [6.07, 6.45) is 1.46. The van der Waals surface area contributed by atoms with E-state index in [-0.39, 0.29) is 18.2 Å². The Morgan fingerprint density at radius 3 is 2.00 bits per heavy atom. The van der Waals surface area contributed by atoms with E-state index in [0.29, 0.717) is 35.3 Å². The van der Waals surface area contributed by atoms with Crippen LogP contribution in [-0.4, -0.2) is 45.9 Å². The molecule has 0 spiro atoms. The third-order valence-electron chi connectivity index (χ3n) is 5.86. The molecule has 0 radical (unpaired) electrons. The maximum atomic E-state index is 13.4. The highest BCUT2D eigenvalue weighted by Gasteiger charge is 2.42. The molecule has 0 aromatic heterocycles. The van der Waals surface area contributed by atoms with Crippen LogP contribution in [0.4, 0.5) is 5.69 Å². The molecule has 1 aliphatic rings. The minimum absolute atomic E-state index is 0.0260. The maximum Gasteiger partial charge on any atom is 0.252 e. The Balaban J connectivity index is 1.47. The fraction of sp³-hybridized carbons (Fsp3) is 0.222. The summed E-state index contributed by atoms with van der Waals surface area (Å²) in [5.41, 5.74) is 2.93. The van der Waals surface area contributed by atoms with Crippen molar-refractivity contribution in [2.24, 2.45) is 0 Å². The zero-order chi connectivity index (χ0) is 23.9. The second-order valence-electron chi connectivity index (χ2n) is 8.21. The van der Waals surface area contributed by atoms with Gasteiger partial charge in [0.2, 0.25) is 5.91 Å². The van der Waals surface area contributed by atoms with Crippen molar-refractivity contribution in [3.63, 3.8) is 0 Å². The highest BCUT2D eigenvalue weighted by atomic mass is 35.5. The minimum atomic E-state index is -0.626. The minimum Gasteiger partial charge on any atom is -0.336 e. The molecule has 1 fully saturated rings. The standard InChI is InChI=1S/C27H26ClN3O2S/c28-22-11-13-23(14-12-22)29-25(32)19-24-26(33)31(18-16-21-9-5-2-6-10-21)27(34)30(24)17-15-20-7-3-1-4-8-20/h1-14,24H,15-19H2,(H,29,32)/t24-/m0/s1. The van der Waals surface area contributed by atoms with E-state index < -0.39 is 6.04 Å². The molecule has 174 valence electrons. The zero-order valence-corrected chi connectivity index (χ0v) is 20.3. The molecular formula is C27H26ClN3O2S. The first-order chi connectivity index (χ1) is 16.5. The van der Waals surface area contributed by atoms with Gasteiger partial charge in [-0.05, 0) is 60.5 Å². The van der Waals surface area contributed by atoms with Crippen molar-refractivity contribution >= 4 is 46.4 Å². The van der Waals surface area contributed by atoms with E-state index in [0.717, 1.165) is 17.5 Å². The normalized spacial score (nSPS) is 15.6. The Morgan fingerprint density at radius 1 is 0.853 bits per heavy atom. The number of amides is 2. The average molecular weight is 492 g/mol. The van der Waals surface area contributed by atoms with Gasteiger partial charge >= 0.3 is 0 Å². The van der Waals surface area contributed by atoms with Crippen molar-refractivity contribution in [2.75, 3.05) is 18.4 Å². The fourth-order valence-electron chi connectivity index (χ4n) is 4.05. The lowest BCUT2D eigenvalue weighted by molar-refractivity contribution is -0.130. The van der Waals surface area contributed by atoms with Gasteiger partial charge in [-0.25, -0.2) is 0 Å². The molecular weight excluding hydrogens is 466 g/mol. The number of carbonyl (C=O) groups is 2. The SMILES string of the molecule is O=C(C[C@H]1C(=O)N(CCc2ccccc2)C(=S)N1CCc1ccccc1)Nc1ccc(Cl)cc1. The van der Waals surface area contributed by atoms with Crippen LogP contribution in [0.25, 0.3) is 0 Å². The summed E-state index contributed by atoms with van der Waals surface area (Å²) in [5.74, 6) is -0.363. The van der Waals surface area contributed by atoms with Crippen molar-refractivity contribution in [1.29, 1.82) is 0 Å². The van der Waals surface area contributed by atoms with Crippen LogP contribution in [0, 0.1) is 0 Å². The van der Waals surface area contributed by atoms with Gasteiger partial charge in [0, 0.05) is 23.8 Å². The van der Waals surface area contributed by atoms with Gasteiger partial charge in [0.1, 0.15) is 6.04 Å². The van der Waals surface area contributed by atoms with Gasteiger partial charge in [0.25, 0.3) is 5.91 Å². The van der Waals surface area contributed by atoms with Crippen molar-refractivity contribution in [2.45, 2.75) is 25.3 Å². The van der Waals surface area contributed by atoms with Gasteiger partial charge in [-0.3, -0.25) is 14.5 Å². The summed E-state index contributed by atoms with van der Waals surface area (Å²) in [6, 6.07) is 26.3. The molecule has 0 saturated carbocycles. The molecule has 1 atom stereocenters. The second kappa shape index (κ2) is 11.3. The first-order valence-electron chi connectivity index (χ1n) is 11.3. The lowest BCUT2D eigenvalue weighted by atomic mass is 10.1. The number of rotatable bonds is 9. The van der Waals surface area contributed by atoms with E-state index in [1.807, 2.05) is 53.4 Å². The van der Waals surface area contributed by atoms with Crippen LogP contribution in [0.15, 0.2) is 84.9 Å². The number of anilines is 1. The van der Waals surface area contributed by atoms with Crippen molar-refractivity contribution in [1.82, 2.24) is 9.80 Å². The van der Waals surface area contributed by atoms with Gasteiger partial charge in [-0.2, -0.15) is 0 Å². The average Bonchev–Trinajstić information content (AvgIpc) is 3.07. The molecule has 1 saturated heterocycles. The van der Waals surface area contributed by atoms with Crippen LogP contribution >= 0.6 is 23.8 Å². The number of hydrogen-bond acceptors (Lipinski definition) is 3. The first kappa shape index (κ1) is 23.9. The molecule has 5 nitrogen and oxygen atoms in total. The zero-order valence-electron chi connectivity index (χ0n) is 18.7. The topological polar surface area (TPSA) is 52.7 Å². The van der Waals surface area contributed by atoms with Crippen molar-refractivity contribution in [3.05, 3.63) is 101 Å². The molecule has 0 aliphatic carbocycles. The molecule has 0 unspecified atom stereocenters. The van der Waals surface area contributed by atoms with Gasteiger partial charge in [-0.1, -0.05) is 72.3 Å². The number of thiocarbonyl (C=S) groups is 1. The summed E-state index contributed by atoms with van der Waals surface area (Å²) >= 11 is 11.7. The summed E-state index contributed by atoms with van der Waals surface area (Å²) in [6.45, 7) is 1.05. The van der Waals surface area contributed by atoms with E-state index in [9.17, 15) is 9.59 Å². The largest absolute Gasteiger partial charge is 0.336 e. The fourth-order valence-corrected chi connectivity index (χ4v) is 4.58. The van der Waals surface area contributed by atoms with E-state index in [4.69, 9.17) is 23.8 Å². The summed E-state index contributed by atoms with van der Waals surface area (Å²) in [4.78, 5) is 29.8. The van der Waals surface area contributed by atoms with Crippen LogP contribution in [0.1, 0.15) is 17.5 Å². The molecule has 3 aromatic carbocycles. The van der Waals surface area contributed by atoms with E-state index in [1.165, 1.54) is 0 Å². The monoisotopic (exact) mass is 491 g/mol. The molecule has 34 heavy (non-hydrogen) atoms. The molecule has 3 aromatic rings. The Kier molecular flexibility index (Phi) is 7.93. The molecule has 2 amide bonds. The maximum absolute atomic E-state index is 13.4. The van der Waals surface area contributed by atoms with Gasteiger partial charge < -0.3 is 10.2 Å². The molecule has 7 heteroatoms. The van der Waals surface area contributed by atoms with Gasteiger partial charge in [0.15, 0.2) is 5.11 Å². The quantitative estimate of drug-likeness (QED) is 0.430. The molecule has 1 aliphatic heterocycles. The van der Waals surface area contributed by atoms with Crippen LogP contribution in [0.5, 0.6) is 0 Å². The summed E-state index contributed by atoms with van der Waals surface area (Å²) in [5, 5.41) is 3.94. The number of carbonyl (C=O) groups excluding carboxylic acids is 2. The highest BCUT2D eigenvalue weighted by molar-refractivity contribution is 7.80. The number of nitrogens with one attached hydrogen (secondary N) is 1. The molecule has 1 heterocycles. The Labute approximate surface area is 210 Å². The van der Waals surface area contributed by atoms with E-state index in [2.05, 4.69) is 17.4 Å². The highest BCUT2D eigenvalue weighted by Crippen LogP contribution is 2.23. The van der Waals surface area contributed by atoms with E-state index >= 15 is 0 Å². The van der Waals surface area contributed by atoms with Crippen molar-refractivity contribution in [3.8, 4) is 0 Å². The second-order valence-corrected chi connectivity index (χ2v) is 9.01. The lowest BCUT2D eigenvalue weighted by Crippen LogP contribution is -2.39. The lowest BCUT2D eigenvalue weighted by Gasteiger charge is -2.24.